The van der Waals surface area contributed by atoms with Crippen LogP contribution in [-0.2, 0) is 73.3 Å². The van der Waals surface area contributed by atoms with Gasteiger partial charge in [-0.15, -0.1) is 0 Å². The molecular weight excluding hydrogens is 875 g/mol. The summed E-state index contributed by atoms with van der Waals surface area (Å²) < 4.78 is 21.4. The van der Waals surface area contributed by atoms with Crippen molar-refractivity contribution in [1.29, 1.82) is 0 Å². The van der Waals surface area contributed by atoms with E-state index in [1.165, 1.54) is 0 Å². The number of carbonyl (C=O) groups excluding carboxylic acids is 9. The van der Waals surface area contributed by atoms with Crippen LogP contribution in [0.2, 0.25) is 0 Å². The van der Waals surface area contributed by atoms with E-state index in [0.29, 0.717) is 5.56 Å². The second-order valence-corrected chi connectivity index (χ2v) is 20.0. The molecule has 67 heavy (non-hydrogen) atoms. The van der Waals surface area contributed by atoms with Gasteiger partial charge in [0.05, 0.1) is 0 Å². The molecule has 0 radical (unpaired) electrons. The summed E-state index contributed by atoms with van der Waals surface area (Å²) in [5.41, 5.74) is -2.97. The molecule has 0 saturated heterocycles. The highest BCUT2D eigenvalue weighted by Crippen LogP contribution is 2.16. The van der Waals surface area contributed by atoms with E-state index in [0.717, 1.165) is 6.92 Å². The summed E-state index contributed by atoms with van der Waals surface area (Å²) in [6.45, 7) is 20.8. The Bertz CT molecular complexity index is 1890. The number of esters is 4. The summed E-state index contributed by atoms with van der Waals surface area (Å²) in [6.07, 6.45) is -3.05. The first-order chi connectivity index (χ1) is 30.6. The molecule has 0 aliphatic carbocycles. The molecule has 20 nitrogen and oxygen atoms in total. The first-order valence-electron chi connectivity index (χ1n) is 22.3. The number of carboxylic acid groups (broad SMARTS) is 1. The van der Waals surface area contributed by atoms with E-state index in [-0.39, 0.29) is 38.5 Å². The highest BCUT2D eigenvalue weighted by Gasteiger charge is 2.34. The molecule has 0 aromatic heterocycles. The van der Waals surface area contributed by atoms with Crippen molar-refractivity contribution in [3.8, 4) is 0 Å². The van der Waals surface area contributed by atoms with Crippen LogP contribution in [0, 0.1) is 0 Å². The van der Waals surface area contributed by atoms with Crippen LogP contribution in [0.15, 0.2) is 30.3 Å². The number of hydrogen-bond acceptors (Lipinski definition) is 14. The average Bonchev–Trinajstić information content (AvgIpc) is 3.15. The van der Waals surface area contributed by atoms with Crippen molar-refractivity contribution in [2.24, 2.45) is 0 Å². The molecule has 20 heteroatoms. The summed E-state index contributed by atoms with van der Waals surface area (Å²) >= 11 is 0. The molecule has 1 aromatic rings. The number of carbonyl (C=O) groups is 10. The van der Waals surface area contributed by atoms with Crippen LogP contribution in [0.4, 0.5) is 0 Å². The van der Waals surface area contributed by atoms with Crippen LogP contribution in [-0.4, -0.2) is 117 Å². The zero-order chi connectivity index (χ0) is 51.5. The van der Waals surface area contributed by atoms with E-state index >= 15 is 0 Å². The second kappa shape index (κ2) is 26.3. The highest BCUT2D eigenvalue weighted by atomic mass is 16.6. The van der Waals surface area contributed by atoms with Crippen molar-refractivity contribution in [2.45, 2.75) is 200 Å². The number of aliphatic carboxylic acids is 1. The highest BCUT2D eigenvalue weighted by molar-refractivity contribution is 5.96. The average molecular weight is 948 g/mol. The normalized spacial score (nSPS) is 14.0. The van der Waals surface area contributed by atoms with Gasteiger partial charge in [0.1, 0.15) is 52.6 Å². The minimum Gasteiger partial charge on any atom is -0.480 e. The zero-order valence-corrected chi connectivity index (χ0v) is 41.3. The fourth-order valence-corrected chi connectivity index (χ4v) is 6.08. The summed E-state index contributed by atoms with van der Waals surface area (Å²) in [5, 5.41) is 22.4. The largest absolute Gasteiger partial charge is 0.480 e. The Hall–Kier alpha value is -6.08. The standard InChI is InChI=1S/C47H73N5O15/c1-28(53)48-30(19-23-35(54)64-44(2,3)4)39(58)49-31(20-24-36(55)65-45(5,6)7)40(59)50-32(21-25-37(56)66-46(8,9)10)41(60)52-34(27-29-17-15-14-16-18-29)42(61)51-33(43(62)63)22-26-38(57)67-47(11,12)13/h14-18,30-34H,19-27H2,1-13H3,(H,48,53)(H,49,58)(H,50,59)(H,51,61)(H,52,60)(H,62,63)/t30-,31-,32-,33-,34-/m0/s1. The second-order valence-electron chi connectivity index (χ2n) is 20.0. The molecule has 5 atom stereocenters. The van der Waals surface area contributed by atoms with Gasteiger partial charge in [0.15, 0.2) is 0 Å². The predicted molar refractivity (Wildman–Crippen MR) is 243 cm³/mol. The van der Waals surface area contributed by atoms with Crippen molar-refractivity contribution in [2.75, 3.05) is 0 Å². The maximum Gasteiger partial charge on any atom is 0.326 e. The number of benzene rings is 1. The minimum atomic E-state index is -1.62. The third kappa shape index (κ3) is 27.2. The van der Waals surface area contributed by atoms with E-state index in [4.69, 9.17) is 18.9 Å². The van der Waals surface area contributed by atoms with Gasteiger partial charge < -0.3 is 50.6 Å². The fourth-order valence-electron chi connectivity index (χ4n) is 6.08. The van der Waals surface area contributed by atoms with Crippen LogP contribution in [0.1, 0.15) is 147 Å². The number of amides is 5. The van der Waals surface area contributed by atoms with Crippen LogP contribution >= 0.6 is 0 Å². The quantitative estimate of drug-likeness (QED) is 0.0641. The van der Waals surface area contributed by atoms with Gasteiger partial charge in [0.2, 0.25) is 29.5 Å². The number of nitrogens with one attached hydrogen (secondary N) is 5. The molecule has 0 bridgehead atoms. The molecule has 1 aromatic carbocycles. The lowest BCUT2D eigenvalue weighted by molar-refractivity contribution is -0.156. The number of ether oxygens (including phenoxy) is 4. The number of rotatable bonds is 24. The van der Waals surface area contributed by atoms with Gasteiger partial charge in [0.25, 0.3) is 0 Å². The summed E-state index contributed by atoms with van der Waals surface area (Å²) in [5.74, 6) is -8.83. The van der Waals surface area contributed by atoms with Gasteiger partial charge >= 0.3 is 29.8 Å². The van der Waals surface area contributed by atoms with Gasteiger partial charge in [-0.3, -0.25) is 43.2 Å². The molecule has 0 heterocycles. The molecule has 0 saturated carbocycles. The monoisotopic (exact) mass is 948 g/mol. The Labute approximate surface area is 393 Å². The Morgan fingerprint density at radius 3 is 1.00 bits per heavy atom. The lowest BCUT2D eigenvalue weighted by Gasteiger charge is -2.27. The SMILES string of the molecule is CC(=O)N[C@@H](CCC(=O)OC(C)(C)C)C(=O)N[C@@H](CCC(=O)OC(C)(C)C)C(=O)N[C@@H](CCC(=O)OC(C)(C)C)C(=O)N[C@@H](Cc1ccccc1)C(=O)N[C@@H](CCC(=O)OC(C)(C)C)C(=O)O. The van der Waals surface area contributed by atoms with Crippen LogP contribution < -0.4 is 26.6 Å². The Balaban J connectivity index is 3.66. The van der Waals surface area contributed by atoms with Crippen molar-refractivity contribution in [3.63, 3.8) is 0 Å². The van der Waals surface area contributed by atoms with E-state index < -0.39 is 131 Å². The maximum absolute atomic E-state index is 14.3. The van der Waals surface area contributed by atoms with E-state index in [9.17, 15) is 53.1 Å². The third-order valence-electron chi connectivity index (χ3n) is 8.72. The van der Waals surface area contributed by atoms with Crippen LogP contribution in [0.5, 0.6) is 0 Å². The van der Waals surface area contributed by atoms with E-state index in [1.54, 1.807) is 113 Å². The lowest BCUT2D eigenvalue weighted by Crippen LogP contribution is -2.59. The minimum absolute atomic E-state index is 0.175. The molecule has 0 spiro atoms. The molecule has 0 unspecified atom stereocenters. The van der Waals surface area contributed by atoms with Gasteiger partial charge in [0, 0.05) is 39.0 Å². The smallest absolute Gasteiger partial charge is 0.326 e. The fraction of sp³-hybridized carbons (Fsp3) is 0.660. The van der Waals surface area contributed by atoms with E-state index in [1.807, 2.05) is 0 Å². The molecule has 1 rings (SSSR count). The molecule has 0 aliphatic heterocycles. The van der Waals surface area contributed by atoms with Crippen LogP contribution in [0.25, 0.3) is 0 Å². The maximum atomic E-state index is 14.3. The molecule has 5 amide bonds. The Morgan fingerprint density at radius 2 is 0.701 bits per heavy atom. The summed E-state index contributed by atoms with van der Waals surface area (Å²) in [6, 6.07) is 0.760. The number of hydrogen-bond donors (Lipinski definition) is 6. The van der Waals surface area contributed by atoms with Crippen LogP contribution in [0.3, 0.4) is 0 Å². The first-order valence-corrected chi connectivity index (χ1v) is 22.3. The third-order valence-corrected chi connectivity index (χ3v) is 8.72. The molecule has 0 aliphatic rings. The van der Waals surface area contributed by atoms with Gasteiger partial charge in [-0.1, -0.05) is 30.3 Å². The van der Waals surface area contributed by atoms with Gasteiger partial charge in [-0.05, 0) is 114 Å². The molecule has 376 valence electrons. The van der Waals surface area contributed by atoms with E-state index in [2.05, 4.69) is 26.6 Å². The van der Waals surface area contributed by atoms with Crippen molar-refractivity contribution < 1.29 is 72.0 Å². The summed E-state index contributed by atoms with van der Waals surface area (Å²) in [4.78, 5) is 131. The number of carboxylic acids is 1. The molecule has 6 N–H and O–H groups in total. The van der Waals surface area contributed by atoms with Crippen molar-refractivity contribution in [3.05, 3.63) is 35.9 Å². The molecule has 0 fully saturated rings. The Kier molecular flexibility index (Phi) is 23.1. The van der Waals surface area contributed by atoms with Gasteiger partial charge in [-0.2, -0.15) is 0 Å². The zero-order valence-electron chi connectivity index (χ0n) is 41.3. The van der Waals surface area contributed by atoms with Crippen molar-refractivity contribution in [1.82, 2.24) is 26.6 Å². The predicted octanol–water partition coefficient (Wildman–Crippen LogP) is 3.25. The first kappa shape index (κ1) is 58.9. The Morgan fingerprint density at radius 1 is 0.433 bits per heavy atom. The topological polar surface area (TPSA) is 288 Å². The summed E-state index contributed by atoms with van der Waals surface area (Å²) in [7, 11) is 0. The van der Waals surface area contributed by atoms with Crippen molar-refractivity contribution >= 4 is 59.4 Å². The lowest BCUT2D eigenvalue weighted by atomic mass is 10.0. The molecular formula is C47H73N5O15. The van der Waals surface area contributed by atoms with Gasteiger partial charge in [-0.25, -0.2) is 4.79 Å².